The van der Waals surface area contributed by atoms with Gasteiger partial charge in [-0.2, -0.15) is 9.61 Å². The van der Waals surface area contributed by atoms with Gasteiger partial charge in [-0.05, 0) is 20.3 Å². The van der Waals surface area contributed by atoms with Crippen LogP contribution in [0.5, 0.6) is 0 Å². The van der Waals surface area contributed by atoms with Crippen LogP contribution in [0.25, 0.3) is 5.65 Å². The largest absolute Gasteiger partial charge is 0.365 e. The van der Waals surface area contributed by atoms with Crippen molar-refractivity contribution in [1.29, 1.82) is 0 Å². The highest BCUT2D eigenvalue weighted by molar-refractivity contribution is 5.80. The Labute approximate surface area is 124 Å². The molecule has 0 spiro atoms. The zero-order valence-electron chi connectivity index (χ0n) is 12.8. The lowest BCUT2D eigenvalue weighted by molar-refractivity contribution is -0.127. The molecule has 6 heteroatoms. The Morgan fingerprint density at radius 2 is 2.14 bits per heavy atom. The van der Waals surface area contributed by atoms with Crippen LogP contribution >= 0.6 is 0 Å². The molecule has 1 unspecified atom stereocenters. The molecule has 0 aliphatic carbocycles. The number of carbonyl (C=O) groups excluding carboxylic acids is 1. The number of rotatable bonds is 4. The number of carbonyl (C=O) groups is 1. The van der Waals surface area contributed by atoms with Crippen LogP contribution in [0.2, 0.25) is 0 Å². The summed E-state index contributed by atoms with van der Waals surface area (Å²) in [5.41, 5.74) is 2.72. The van der Waals surface area contributed by atoms with E-state index in [1.165, 1.54) is 0 Å². The maximum Gasteiger partial charge on any atom is 0.224 e. The van der Waals surface area contributed by atoms with Crippen LogP contribution in [0, 0.1) is 13.8 Å². The molecule has 1 saturated heterocycles. The number of fused-ring (bicyclic) bond motifs is 1. The van der Waals surface area contributed by atoms with Crippen molar-refractivity contribution in [3.8, 4) is 0 Å². The molecule has 3 rings (SSSR count). The number of hydrogen-bond donors (Lipinski definition) is 1. The van der Waals surface area contributed by atoms with Crippen molar-refractivity contribution in [2.24, 2.45) is 0 Å². The third kappa shape index (κ3) is 2.70. The fraction of sp³-hybridized carbons (Fsp3) is 0.533. The summed E-state index contributed by atoms with van der Waals surface area (Å²) < 4.78 is 1.81. The van der Waals surface area contributed by atoms with E-state index < -0.39 is 0 Å². The zero-order chi connectivity index (χ0) is 15.0. The normalized spacial score (nSPS) is 18.7. The number of hydrogen-bond acceptors (Lipinski definition) is 4. The minimum Gasteiger partial charge on any atom is -0.365 e. The van der Waals surface area contributed by atoms with Crippen LogP contribution in [0.1, 0.15) is 31.2 Å². The van der Waals surface area contributed by atoms with E-state index in [2.05, 4.69) is 22.3 Å². The fourth-order valence-electron chi connectivity index (χ4n) is 2.88. The highest BCUT2D eigenvalue weighted by atomic mass is 16.2. The number of aryl methyl sites for hydroxylation is 2. The van der Waals surface area contributed by atoms with E-state index in [-0.39, 0.29) is 11.9 Å². The second kappa shape index (κ2) is 5.35. The highest BCUT2D eigenvalue weighted by Gasteiger charge is 2.29. The summed E-state index contributed by atoms with van der Waals surface area (Å²) in [6.07, 6.45) is 1.54. The lowest BCUT2D eigenvalue weighted by Crippen LogP contribution is -2.29. The van der Waals surface area contributed by atoms with Gasteiger partial charge in [-0.3, -0.25) is 4.79 Å². The van der Waals surface area contributed by atoms with Crippen molar-refractivity contribution in [1.82, 2.24) is 19.5 Å². The summed E-state index contributed by atoms with van der Waals surface area (Å²) in [5.74, 6) is 1.13. The van der Waals surface area contributed by atoms with E-state index in [0.717, 1.165) is 42.4 Å². The van der Waals surface area contributed by atoms with Crippen LogP contribution in [-0.4, -0.2) is 44.5 Å². The van der Waals surface area contributed by atoms with E-state index >= 15 is 0 Å². The fourth-order valence-corrected chi connectivity index (χ4v) is 2.88. The SMILES string of the molecule is CCCN1CC(Nc2cc(C)nc3cc(C)nn23)CC1=O. The van der Waals surface area contributed by atoms with Gasteiger partial charge in [0.05, 0.1) is 11.7 Å². The maximum atomic E-state index is 12.0. The standard InChI is InChI=1S/C15H21N5O/c1-4-5-19-9-12(8-15(19)21)17-14-6-10(2)16-13-7-11(3)18-20(13)14/h6-7,12,17H,4-5,8-9H2,1-3H3. The molecule has 0 aromatic carbocycles. The average molecular weight is 287 g/mol. The van der Waals surface area contributed by atoms with Crippen molar-refractivity contribution in [3.05, 3.63) is 23.5 Å². The van der Waals surface area contributed by atoms with E-state index in [1.54, 1.807) is 0 Å². The molecule has 2 aromatic heterocycles. The quantitative estimate of drug-likeness (QED) is 0.931. The van der Waals surface area contributed by atoms with E-state index in [0.29, 0.717) is 6.42 Å². The van der Waals surface area contributed by atoms with E-state index in [9.17, 15) is 4.79 Å². The van der Waals surface area contributed by atoms with E-state index in [4.69, 9.17) is 0 Å². The van der Waals surface area contributed by atoms with Gasteiger partial charge in [0.2, 0.25) is 5.91 Å². The predicted octanol–water partition coefficient (Wildman–Crippen LogP) is 1.77. The Hall–Kier alpha value is -2.11. The Morgan fingerprint density at radius 1 is 1.33 bits per heavy atom. The average Bonchev–Trinajstić information content (AvgIpc) is 2.93. The molecule has 1 atom stereocenters. The first kappa shape index (κ1) is 13.9. The number of nitrogens with one attached hydrogen (secondary N) is 1. The molecular weight excluding hydrogens is 266 g/mol. The third-order valence-corrected chi connectivity index (χ3v) is 3.74. The summed E-state index contributed by atoms with van der Waals surface area (Å²) in [7, 11) is 0. The molecule has 6 nitrogen and oxygen atoms in total. The molecule has 1 amide bonds. The Balaban J connectivity index is 1.84. The molecule has 21 heavy (non-hydrogen) atoms. The highest BCUT2D eigenvalue weighted by Crippen LogP contribution is 2.19. The molecule has 112 valence electrons. The van der Waals surface area contributed by atoms with Gasteiger partial charge in [0.15, 0.2) is 5.65 Å². The van der Waals surface area contributed by atoms with Gasteiger partial charge in [0.1, 0.15) is 5.82 Å². The molecule has 1 aliphatic rings. The lowest BCUT2D eigenvalue weighted by Gasteiger charge is -2.17. The van der Waals surface area contributed by atoms with Crippen LogP contribution in [0.3, 0.4) is 0 Å². The summed E-state index contributed by atoms with van der Waals surface area (Å²) in [6, 6.07) is 4.08. The topological polar surface area (TPSA) is 62.5 Å². The van der Waals surface area contributed by atoms with Crippen molar-refractivity contribution in [2.45, 2.75) is 39.7 Å². The number of likely N-dealkylation sites (tertiary alicyclic amines) is 1. The monoisotopic (exact) mass is 287 g/mol. The number of nitrogens with zero attached hydrogens (tertiary/aromatic N) is 4. The van der Waals surface area contributed by atoms with Gasteiger partial charge in [0.25, 0.3) is 0 Å². The first-order valence-electron chi connectivity index (χ1n) is 7.45. The summed E-state index contributed by atoms with van der Waals surface area (Å²) in [4.78, 5) is 18.4. The molecular formula is C15H21N5O. The molecule has 1 aliphatic heterocycles. The molecule has 0 radical (unpaired) electrons. The summed E-state index contributed by atoms with van der Waals surface area (Å²) in [6.45, 7) is 7.61. The Bertz CT molecular complexity index is 678. The minimum absolute atomic E-state index is 0.138. The number of aromatic nitrogens is 3. The van der Waals surface area contributed by atoms with Crippen LogP contribution in [0.4, 0.5) is 5.82 Å². The van der Waals surface area contributed by atoms with Gasteiger partial charge < -0.3 is 10.2 Å². The van der Waals surface area contributed by atoms with Gasteiger partial charge in [-0.25, -0.2) is 4.98 Å². The number of amides is 1. The molecule has 2 aromatic rings. The lowest BCUT2D eigenvalue weighted by atomic mass is 10.2. The second-order valence-electron chi connectivity index (χ2n) is 5.72. The van der Waals surface area contributed by atoms with Gasteiger partial charge in [-0.1, -0.05) is 6.92 Å². The summed E-state index contributed by atoms with van der Waals surface area (Å²) >= 11 is 0. The zero-order valence-corrected chi connectivity index (χ0v) is 12.8. The smallest absolute Gasteiger partial charge is 0.224 e. The third-order valence-electron chi connectivity index (χ3n) is 3.74. The van der Waals surface area contributed by atoms with Crippen LogP contribution < -0.4 is 5.32 Å². The van der Waals surface area contributed by atoms with Crippen LogP contribution in [-0.2, 0) is 4.79 Å². The molecule has 1 N–H and O–H groups in total. The first-order valence-corrected chi connectivity index (χ1v) is 7.45. The second-order valence-corrected chi connectivity index (χ2v) is 5.72. The molecule has 1 fully saturated rings. The van der Waals surface area contributed by atoms with E-state index in [1.807, 2.05) is 35.4 Å². The van der Waals surface area contributed by atoms with Gasteiger partial charge >= 0.3 is 0 Å². The van der Waals surface area contributed by atoms with Gasteiger partial charge in [0, 0.05) is 37.3 Å². The maximum absolute atomic E-state index is 12.0. The van der Waals surface area contributed by atoms with Crippen molar-refractivity contribution in [3.63, 3.8) is 0 Å². The first-order chi connectivity index (χ1) is 10.1. The van der Waals surface area contributed by atoms with Crippen molar-refractivity contribution in [2.75, 3.05) is 18.4 Å². The summed E-state index contributed by atoms with van der Waals surface area (Å²) in [5, 5.41) is 7.92. The molecule has 0 saturated carbocycles. The Morgan fingerprint density at radius 3 is 2.90 bits per heavy atom. The molecule has 3 heterocycles. The van der Waals surface area contributed by atoms with Crippen LogP contribution in [0.15, 0.2) is 12.1 Å². The predicted molar refractivity (Wildman–Crippen MR) is 81.4 cm³/mol. The Kier molecular flexibility index (Phi) is 3.53. The van der Waals surface area contributed by atoms with Crippen molar-refractivity contribution >= 4 is 17.4 Å². The van der Waals surface area contributed by atoms with Crippen molar-refractivity contribution < 1.29 is 4.79 Å². The molecule has 0 bridgehead atoms. The van der Waals surface area contributed by atoms with Gasteiger partial charge in [-0.15, -0.1) is 0 Å². The minimum atomic E-state index is 0.138. The number of anilines is 1.